The molecule has 0 saturated carbocycles. The molecule has 2 nitrogen and oxygen atoms in total. The van der Waals surface area contributed by atoms with Crippen molar-refractivity contribution < 1.29 is 13.2 Å². The Bertz CT molecular complexity index is 336. The number of halogens is 3. The molecule has 0 aromatic carbocycles. The first kappa shape index (κ1) is 13.0. The Morgan fingerprint density at radius 1 is 1.44 bits per heavy atom. The number of aromatic nitrogens is 1. The van der Waals surface area contributed by atoms with Gasteiger partial charge in [0.2, 0.25) is 0 Å². The van der Waals surface area contributed by atoms with E-state index in [2.05, 4.69) is 10.3 Å². The van der Waals surface area contributed by atoms with Crippen molar-refractivity contribution in [2.75, 3.05) is 6.54 Å². The topological polar surface area (TPSA) is 24.9 Å². The van der Waals surface area contributed by atoms with Crippen LogP contribution in [0.5, 0.6) is 0 Å². The van der Waals surface area contributed by atoms with Gasteiger partial charge < -0.3 is 5.32 Å². The molecular formula is C11H15F3N2. The Labute approximate surface area is 92.9 Å². The van der Waals surface area contributed by atoms with E-state index >= 15 is 0 Å². The fourth-order valence-electron chi connectivity index (χ4n) is 1.48. The predicted octanol–water partition coefficient (Wildman–Crippen LogP) is 2.47. The molecule has 90 valence electrons. The van der Waals surface area contributed by atoms with Gasteiger partial charge in [0.05, 0.1) is 0 Å². The van der Waals surface area contributed by atoms with Gasteiger partial charge in [-0.15, -0.1) is 0 Å². The zero-order valence-corrected chi connectivity index (χ0v) is 9.30. The van der Waals surface area contributed by atoms with Crippen molar-refractivity contribution >= 4 is 0 Å². The zero-order chi connectivity index (χ0) is 12.2. The molecule has 0 radical (unpaired) electrons. The number of alkyl halides is 3. The van der Waals surface area contributed by atoms with Crippen LogP contribution in [0.4, 0.5) is 13.2 Å². The second-order valence-corrected chi connectivity index (χ2v) is 3.62. The molecule has 0 aliphatic rings. The van der Waals surface area contributed by atoms with Gasteiger partial charge in [0, 0.05) is 18.3 Å². The summed E-state index contributed by atoms with van der Waals surface area (Å²) in [7, 11) is 0. The van der Waals surface area contributed by atoms with Crippen LogP contribution in [-0.4, -0.2) is 23.7 Å². The number of pyridine rings is 1. The zero-order valence-electron chi connectivity index (χ0n) is 9.30. The fourth-order valence-corrected chi connectivity index (χ4v) is 1.48. The van der Waals surface area contributed by atoms with Gasteiger partial charge in [-0.1, -0.05) is 13.0 Å². The highest BCUT2D eigenvalue weighted by Crippen LogP contribution is 2.23. The average molecular weight is 232 g/mol. The lowest BCUT2D eigenvalue weighted by atomic mass is 10.1. The standard InChI is InChI=1S/C11H15F3N2/c1-3-15-10(11(12,13)14)7-9-8(2)5-4-6-16-9/h4-6,10,15H,3,7H2,1-2H3. The first-order chi connectivity index (χ1) is 7.45. The summed E-state index contributed by atoms with van der Waals surface area (Å²) >= 11 is 0. The van der Waals surface area contributed by atoms with Gasteiger partial charge in [-0.3, -0.25) is 4.98 Å². The first-order valence-corrected chi connectivity index (χ1v) is 5.15. The molecule has 0 fully saturated rings. The van der Waals surface area contributed by atoms with E-state index in [-0.39, 0.29) is 13.0 Å². The SMILES string of the molecule is CCNC(Cc1ncccc1C)C(F)(F)F. The second-order valence-electron chi connectivity index (χ2n) is 3.62. The average Bonchev–Trinajstić information content (AvgIpc) is 2.19. The van der Waals surface area contributed by atoms with Crippen LogP contribution in [0.15, 0.2) is 18.3 Å². The van der Waals surface area contributed by atoms with Crippen molar-refractivity contribution in [3.63, 3.8) is 0 Å². The third-order valence-corrected chi connectivity index (χ3v) is 2.36. The van der Waals surface area contributed by atoms with E-state index in [0.717, 1.165) is 5.56 Å². The van der Waals surface area contributed by atoms with Crippen LogP contribution in [0.3, 0.4) is 0 Å². The van der Waals surface area contributed by atoms with Crippen LogP contribution >= 0.6 is 0 Å². The Hall–Kier alpha value is -1.10. The highest BCUT2D eigenvalue weighted by Gasteiger charge is 2.39. The van der Waals surface area contributed by atoms with E-state index in [1.54, 1.807) is 26.0 Å². The molecule has 1 N–H and O–H groups in total. The van der Waals surface area contributed by atoms with Gasteiger partial charge in [0.15, 0.2) is 0 Å². The first-order valence-electron chi connectivity index (χ1n) is 5.15. The predicted molar refractivity (Wildman–Crippen MR) is 56.2 cm³/mol. The highest BCUT2D eigenvalue weighted by atomic mass is 19.4. The second kappa shape index (κ2) is 5.30. The number of nitrogens with one attached hydrogen (secondary N) is 1. The van der Waals surface area contributed by atoms with Crippen molar-refractivity contribution in [3.8, 4) is 0 Å². The molecule has 1 aromatic heterocycles. The number of likely N-dealkylation sites (N-methyl/N-ethyl adjacent to an activating group) is 1. The molecular weight excluding hydrogens is 217 g/mol. The lowest BCUT2D eigenvalue weighted by Gasteiger charge is -2.21. The maximum Gasteiger partial charge on any atom is 0.404 e. The van der Waals surface area contributed by atoms with E-state index in [1.165, 1.54) is 6.20 Å². The van der Waals surface area contributed by atoms with Crippen LogP contribution < -0.4 is 5.32 Å². The van der Waals surface area contributed by atoms with E-state index in [1.807, 2.05) is 0 Å². The molecule has 0 spiro atoms. The Morgan fingerprint density at radius 3 is 2.62 bits per heavy atom. The number of rotatable bonds is 4. The normalized spacial score (nSPS) is 13.8. The van der Waals surface area contributed by atoms with Crippen LogP contribution in [0.2, 0.25) is 0 Å². The Kier molecular flexibility index (Phi) is 4.29. The molecule has 16 heavy (non-hydrogen) atoms. The van der Waals surface area contributed by atoms with E-state index in [4.69, 9.17) is 0 Å². The van der Waals surface area contributed by atoms with Crippen molar-refractivity contribution in [3.05, 3.63) is 29.6 Å². The number of aryl methyl sites for hydroxylation is 1. The number of nitrogens with zero attached hydrogens (tertiary/aromatic N) is 1. The minimum Gasteiger partial charge on any atom is -0.306 e. The van der Waals surface area contributed by atoms with Crippen LogP contribution in [0.1, 0.15) is 18.2 Å². The molecule has 1 atom stereocenters. The largest absolute Gasteiger partial charge is 0.404 e. The minimum atomic E-state index is -4.24. The van der Waals surface area contributed by atoms with Crippen molar-refractivity contribution in [1.82, 2.24) is 10.3 Å². The maximum atomic E-state index is 12.6. The van der Waals surface area contributed by atoms with Crippen LogP contribution in [0, 0.1) is 6.92 Å². The molecule has 0 bridgehead atoms. The monoisotopic (exact) mass is 232 g/mol. The quantitative estimate of drug-likeness (QED) is 0.862. The van der Waals surface area contributed by atoms with Gasteiger partial charge >= 0.3 is 6.18 Å². The number of hydrogen-bond acceptors (Lipinski definition) is 2. The van der Waals surface area contributed by atoms with Gasteiger partial charge in [0.1, 0.15) is 6.04 Å². The van der Waals surface area contributed by atoms with Gasteiger partial charge in [-0.2, -0.15) is 13.2 Å². The van der Waals surface area contributed by atoms with E-state index in [0.29, 0.717) is 5.69 Å². The van der Waals surface area contributed by atoms with Crippen molar-refractivity contribution in [1.29, 1.82) is 0 Å². The summed E-state index contributed by atoms with van der Waals surface area (Å²) in [5, 5.41) is 2.43. The molecule has 1 heterocycles. The Balaban J connectivity index is 2.80. The summed E-state index contributed by atoms with van der Waals surface area (Å²) in [6.07, 6.45) is -2.84. The summed E-state index contributed by atoms with van der Waals surface area (Å²) in [5.74, 6) is 0. The molecule has 0 saturated heterocycles. The maximum absolute atomic E-state index is 12.6. The third-order valence-electron chi connectivity index (χ3n) is 2.36. The van der Waals surface area contributed by atoms with Crippen LogP contribution in [-0.2, 0) is 6.42 Å². The molecule has 1 unspecified atom stereocenters. The molecule has 1 rings (SSSR count). The summed E-state index contributed by atoms with van der Waals surface area (Å²) in [4.78, 5) is 3.97. The molecule has 0 amide bonds. The van der Waals surface area contributed by atoms with Crippen molar-refractivity contribution in [2.45, 2.75) is 32.5 Å². The third kappa shape index (κ3) is 3.48. The van der Waals surface area contributed by atoms with Gasteiger partial charge in [-0.25, -0.2) is 0 Å². The fraction of sp³-hybridized carbons (Fsp3) is 0.545. The molecule has 5 heteroatoms. The highest BCUT2D eigenvalue weighted by molar-refractivity contribution is 5.18. The van der Waals surface area contributed by atoms with E-state index in [9.17, 15) is 13.2 Å². The smallest absolute Gasteiger partial charge is 0.306 e. The lowest BCUT2D eigenvalue weighted by Crippen LogP contribution is -2.44. The van der Waals surface area contributed by atoms with Gasteiger partial charge in [0.25, 0.3) is 0 Å². The summed E-state index contributed by atoms with van der Waals surface area (Å²) in [6, 6.07) is 1.96. The van der Waals surface area contributed by atoms with Gasteiger partial charge in [-0.05, 0) is 25.1 Å². The van der Waals surface area contributed by atoms with Crippen LogP contribution in [0.25, 0.3) is 0 Å². The van der Waals surface area contributed by atoms with E-state index < -0.39 is 12.2 Å². The Morgan fingerprint density at radius 2 is 2.12 bits per heavy atom. The molecule has 0 aliphatic heterocycles. The summed E-state index contributed by atoms with van der Waals surface area (Å²) in [5.41, 5.74) is 1.28. The van der Waals surface area contributed by atoms with Crippen molar-refractivity contribution in [2.24, 2.45) is 0 Å². The molecule has 1 aromatic rings. The lowest BCUT2D eigenvalue weighted by molar-refractivity contribution is -0.155. The summed E-state index contributed by atoms with van der Waals surface area (Å²) < 4.78 is 37.9. The number of hydrogen-bond donors (Lipinski definition) is 1. The minimum absolute atomic E-state index is 0.121. The summed E-state index contributed by atoms with van der Waals surface area (Å²) in [6.45, 7) is 3.71. The molecule has 0 aliphatic carbocycles.